The number of methoxy groups -OCH3 is 2. The number of rotatable bonds is 11. The molecule has 0 saturated carbocycles. The Hall–Kier alpha value is -4.18. The zero-order valence-electron chi connectivity index (χ0n) is 22.5. The number of hydrogen-bond donors (Lipinski definition) is 2. The van der Waals surface area contributed by atoms with Gasteiger partial charge >= 0.3 is 0 Å². The summed E-state index contributed by atoms with van der Waals surface area (Å²) < 4.78 is 10.8. The number of nitrogens with zero attached hydrogens (tertiary/aromatic N) is 5. The molecule has 1 aromatic carbocycles. The molecule has 3 aromatic rings. The molecule has 3 heterocycles. The fraction of sp³-hybridized carbons (Fsp3) is 0.357. The molecule has 2 N–H and O–H groups in total. The molecule has 2 aromatic heterocycles. The van der Waals surface area contributed by atoms with Gasteiger partial charge in [0.25, 0.3) is 0 Å². The Morgan fingerprint density at radius 3 is 2.55 bits per heavy atom. The largest absolute Gasteiger partial charge is 0.497 e. The SMILES string of the molecule is C=CC(=O)Cc1cc(OC)ccc1Nc1nc(Nc2cc(OC)nc(N3CCN(CC)CC3)c2)ncc1C. The average Bonchev–Trinajstić information content (AvgIpc) is 2.95. The van der Waals surface area contributed by atoms with Crippen LogP contribution in [0, 0.1) is 6.92 Å². The number of carbonyl (C=O) groups is 1. The van der Waals surface area contributed by atoms with E-state index in [0.29, 0.717) is 23.4 Å². The number of aromatic nitrogens is 3. The predicted octanol–water partition coefficient (Wildman–Crippen LogP) is 4.12. The van der Waals surface area contributed by atoms with Crippen molar-refractivity contribution < 1.29 is 14.3 Å². The predicted molar refractivity (Wildman–Crippen MR) is 150 cm³/mol. The van der Waals surface area contributed by atoms with Crippen molar-refractivity contribution in [1.29, 1.82) is 0 Å². The summed E-state index contributed by atoms with van der Waals surface area (Å²) in [6, 6.07) is 9.36. The second-order valence-corrected chi connectivity index (χ2v) is 9.02. The first kappa shape index (κ1) is 26.9. The minimum absolute atomic E-state index is 0.0818. The Morgan fingerprint density at radius 1 is 1.08 bits per heavy atom. The molecule has 38 heavy (non-hydrogen) atoms. The monoisotopic (exact) mass is 517 g/mol. The minimum Gasteiger partial charge on any atom is -0.497 e. The average molecular weight is 518 g/mol. The van der Waals surface area contributed by atoms with Crippen molar-refractivity contribution in [3.05, 3.63) is 60.3 Å². The summed E-state index contributed by atoms with van der Waals surface area (Å²) in [4.78, 5) is 30.6. The summed E-state index contributed by atoms with van der Waals surface area (Å²) in [7, 11) is 3.21. The van der Waals surface area contributed by atoms with Gasteiger partial charge in [-0.25, -0.2) is 4.98 Å². The molecule has 1 fully saturated rings. The van der Waals surface area contributed by atoms with Crippen molar-refractivity contribution in [3.63, 3.8) is 0 Å². The fourth-order valence-corrected chi connectivity index (χ4v) is 4.23. The first-order valence-corrected chi connectivity index (χ1v) is 12.7. The maximum atomic E-state index is 12.1. The Bertz CT molecular complexity index is 1290. The number of ketones is 1. The number of aryl methyl sites for hydroxylation is 1. The van der Waals surface area contributed by atoms with Gasteiger partial charge < -0.3 is 29.9 Å². The first-order valence-electron chi connectivity index (χ1n) is 12.7. The fourth-order valence-electron chi connectivity index (χ4n) is 4.23. The lowest BCUT2D eigenvalue weighted by atomic mass is 10.1. The quantitative estimate of drug-likeness (QED) is 0.361. The lowest BCUT2D eigenvalue weighted by molar-refractivity contribution is -0.114. The van der Waals surface area contributed by atoms with Gasteiger partial charge in [0.2, 0.25) is 11.8 Å². The van der Waals surface area contributed by atoms with Gasteiger partial charge in [-0.15, -0.1) is 0 Å². The van der Waals surface area contributed by atoms with Crippen molar-refractivity contribution in [2.75, 3.05) is 62.5 Å². The smallest absolute Gasteiger partial charge is 0.229 e. The zero-order valence-corrected chi connectivity index (χ0v) is 22.5. The molecule has 0 unspecified atom stereocenters. The second kappa shape index (κ2) is 12.4. The number of ether oxygens (including phenoxy) is 2. The number of hydrogen-bond acceptors (Lipinski definition) is 10. The van der Waals surface area contributed by atoms with E-state index in [1.165, 1.54) is 6.08 Å². The van der Waals surface area contributed by atoms with E-state index in [4.69, 9.17) is 14.5 Å². The summed E-state index contributed by atoms with van der Waals surface area (Å²) in [6.45, 7) is 12.6. The Balaban J connectivity index is 1.57. The number of carbonyl (C=O) groups excluding carboxylic acids is 1. The van der Waals surface area contributed by atoms with Gasteiger partial charge in [-0.1, -0.05) is 13.5 Å². The molecule has 1 aliphatic heterocycles. The standard InChI is InChI=1S/C28H35N7O3/c1-6-22(36)14-20-15-23(37-4)8-9-24(20)31-27-19(3)18-29-28(33-27)30-21-16-25(32-26(17-21)38-5)35-12-10-34(7-2)11-13-35/h6,8-9,15-18H,1,7,10-14H2,2-5H3,(H2,29,30,31,32,33). The van der Waals surface area contributed by atoms with E-state index < -0.39 is 0 Å². The molecule has 0 amide bonds. The van der Waals surface area contributed by atoms with Crippen molar-refractivity contribution >= 4 is 34.7 Å². The molecule has 0 aliphatic carbocycles. The molecule has 0 bridgehead atoms. The zero-order chi connectivity index (χ0) is 27.1. The molecule has 10 nitrogen and oxygen atoms in total. The van der Waals surface area contributed by atoms with Crippen LogP contribution in [-0.2, 0) is 11.2 Å². The number of likely N-dealkylation sites (N-methyl/N-ethyl adjacent to an activating group) is 1. The molecular formula is C28H35N7O3. The van der Waals surface area contributed by atoms with E-state index in [2.05, 4.69) is 43.9 Å². The third kappa shape index (κ3) is 6.57. The van der Waals surface area contributed by atoms with Crippen LogP contribution in [0.1, 0.15) is 18.1 Å². The first-order chi connectivity index (χ1) is 18.4. The van der Waals surface area contributed by atoms with Gasteiger partial charge in [-0.2, -0.15) is 9.97 Å². The summed E-state index contributed by atoms with van der Waals surface area (Å²) in [5.74, 6) is 3.00. The van der Waals surface area contributed by atoms with E-state index >= 15 is 0 Å². The van der Waals surface area contributed by atoms with E-state index in [-0.39, 0.29) is 12.2 Å². The minimum atomic E-state index is -0.0818. The molecule has 0 radical (unpaired) electrons. The third-order valence-corrected chi connectivity index (χ3v) is 6.53. The summed E-state index contributed by atoms with van der Waals surface area (Å²) in [5, 5.41) is 6.66. The van der Waals surface area contributed by atoms with Gasteiger partial charge in [0.05, 0.1) is 14.2 Å². The molecule has 10 heteroatoms. The van der Waals surface area contributed by atoms with E-state index in [1.54, 1.807) is 20.4 Å². The lowest BCUT2D eigenvalue weighted by Crippen LogP contribution is -2.46. The lowest BCUT2D eigenvalue weighted by Gasteiger charge is -2.35. The highest BCUT2D eigenvalue weighted by Crippen LogP contribution is 2.29. The summed E-state index contributed by atoms with van der Waals surface area (Å²) in [5.41, 5.74) is 3.18. The molecule has 4 rings (SSSR count). The topological polar surface area (TPSA) is 105 Å². The molecule has 1 aliphatic rings. The molecule has 1 saturated heterocycles. The molecular weight excluding hydrogens is 482 g/mol. The van der Waals surface area contributed by atoms with Crippen LogP contribution in [0.5, 0.6) is 11.6 Å². The van der Waals surface area contributed by atoms with Crippen molar-refractivity contribution in [2.24, 2.45) is 0 Å². The second-order valence-electron chi connectivity index (χ2n) is 9.02. The highest BCUT2D eigenvalue weighted by Gasteiger charge is 2.19. The number of nitrogens with one attached hydrogen (secondary N) is 2. The third-order valence-electron chi connectivity index (χ3n) is 6.53. The highest BCUT2D eigenvalue weighted by atomic mass is 16.5. The van der Waals surface area contributed by atoms with Crippen molar-refractivity contribution in [2.45, 2.75) is 20.3 Å². The highest BCUT2D eigenvalue weighted by molar-refractivity contribution is 5.92. The van der Waals surface area contributed by atoms with Crippen LogP contribution in [0.2, 0.25) is 0 Å². The number of pyridine rings is 1. The van der Waals surface area contributed by atoms with Crippen LogP contribution in [0.4, 0.5) is 29.0 Å². The summed E-state index contributed by atoms with van der Waals surface area (Å²) >= 11 is 0. The van der Waals surface area contributed by atoms with Crippen LogP contribution in [0.15, 0.2) is 49.2 Å². The number of piperazine rings is 1. The van der Waals surface area contributed by atoms with Gasteiger partial charge in [0.15, 0.2) is 5.78 Å². The normalized spacial score (nSPS) is 13.6. The summed E-state index contributed by atoms with van der Waals surface area (Å²) in [6.07, 6.45) is 3.27. The Labute approximate surface area is 223 Å². The van der Waals surface area contributed by atoms with E-state index in [9.17, 15) is 4.79 Å². The van der Waals surface area contributed by atoms with Crippen LogP contribution < -0.4 is 25.0 Å². The molecule has 0 spiro atoms. The van der Waals surface area contributed by atoms with Crippen LogP contribution >= 0.6 is 0 Å². The van der Waals surface area contributed by atoms with Gasteiger partial charge in [0, 0.05) is 67.9 Å². The molecule has 200 valence electrons. The van der Waals surface area contributed by atoms with Gasteiger partial charge in [0.1, 0.15) is 17.4 Å². The van der Waals surface area contributed by atoms with Crippen LogP contribution in [-0.4, -0.2) is 72.6 Å². The van der Waals surface area contributed by atoms with Crippen molar-refractivity contribution in [1.82, 2.24) is 19.9 Å². The number of allylic oxidation sites excluding steroid dienone is 1. The maximum Gasteiger partial charge on any atom is 0.229 e. The number of benzene rings is 1. The van der Waals surface area contributed by atoms with Gasteiger partial charge in [-0.3, -0.25) is 4.79 Å². The van der Waals surface area contributed by atoms with Gasteiger partial charge in [-0.05, 0) is 43.3 Å². The van der Waals surface area contributed by atoms with E-state index in [1.807, 2.05) is 37.3 Å². The van der Waals surface area contributed by atoms with Crippen molar-refractivity contribution in [3.8, 4) is 11.6 Å². The Morgan fingerprint density at radius 2 is 1.87 bits per heavy atom. The Kier molecular flexibility index (Phi) is 8.75. The maximum absolute atomic E-state index is 12.1. The van der Waals surface area contributed by atoms with Crippen LogP contribution in [0.25, 0.3) is 0 Å². The van der Waals surface area contributed by atoms with Crippen LogP contribution in [0.3, 0.4) is 0 Å². The van der Waals surface area contributed by atoms with E-state index in [0.717, 1.165) is 61.0 Å². The molecule has 0 atom stereocenters. The number of anilines is 5.